The Morgan fingerprint density at radius 1 is 1.37 bits per heavy atom. The molecule has 0 radical (unpaired) electrons. The monoisotopic (exact) mass is 262 g/mol. The average molecular weight is 262 g/mol. The van der Waals surface area contributed by atoms with Crippen molar-refractivity contribution in [3.05, 3.63) is 23.4 Å². The van der Waals surface area contributed by atoms with Gasteiger partial charge in [0.05, 0.1) is 6.61 Å². The summed E-state index contributed by atoms with van der Waals surface area (Å²) in [6, 6.07) is 4.74. The Kier molecular flexibility index (Phi) is 5.20. The predicted molar refractivity (Wildman–Crippen MR) is 78.4 cm³/mol. The highest BCUT2D eigenvalue weighted by atomic mass is 16.5. The minimum absolute atomic E-state index is 0.498. The highest BCUT2D eigenvalue weighted by Gasteiger charge is 2.20. The first kappa shape index (κ1) is 14.3. The second-order valence-electron chi connectivity index (χ2n) is 5.77. The molecule has 0 unspecified atom stereocenters. The van der Waals surface area contributed by atoms with E-state index in [0.717, 1.165) is 37.1 Å². The van der Waals surface area contributed by atoms with E-state index in [-0.39, 0.29) is 0 Å². The minimum atomic E-state index is 0.498. The highest BCUT2D eigenvalue weighted by molar-refractivity contribution is 5.25. The summed E-state index contributed by atoms with van der Waals surface area (Å²) in [4.78, 5) is 4.55. The molecular weight excluding hydrogens is 236 g/mol. The van der Waals surface area contributed by atoms with Crippen molar-refractivity contribution in [2.24, 2.45) is 5.92 Å². The third kappa shape index (κ3) is 5.19. The van der Waals surface area contributed by atoms with E-state index in [9.17, 15) is 0 Å². The Morgan fingerprint density at radius 2 is 2.16 bits per heavy atom. The zero-order valence-corrected chi connectivity index (χ0v) is 12.4. The van der Waals surface area contributed by atoms with Crippen LogP contribution in [0.3, 0.4) is 0 Å². The van der Waals surface area contributed by atoms with Crippen molar-refractivity contribution < 1.29 is 4.74 Å². The molecule has 1 aromatic heterocycles. The summed E-state index contributed by atoms with van der Waals surface area (Å²) in [7, 11) is 0. The molecule has 0 spiro atoms. The van der Waals surface area contributed by atoms with E-state index in [4.69, 9.17) is 4.74 Å². The summed E-state index contributed by atoms with van der Waals surface area (Å²) in [6.45, 7) is 8.15. The maximum Gasteiger partial charge on any atom is 0.213 e. The van der Waals surface area contributed by atoms with Crippen molar-refractivity contribution in [3.63, 3.8) is 0 Å². The lowest BCUT2D eigenvalue weighted by Gasteiger charge is -2.12. The summed E-state index contributed by atoms with van der Waals surface area (Å²) in [6.07, 6.45) is 4.90. The largest absolute Gasteiger partial charge is 0.478 e. The summed E-state index contributed by atoms with van der Waals surface area (Å²) in [5.41, 5.74) is 2.38. The topological polar surface area (TPSA) is 34.1 Å². The number of aromatic nitrogens is 1. The predicted octanol–water partition coefficient (Wildman–Crippen LogP) is 3.32. The average Bonchev–Trinajstić information content (AvgIpc) is 3.20. The van der Waals surface area contributed by atoms with Crippen LogP contribution in [-0.4, -0.2) is 17.6 Å². The van der Waals surface area contributed by atoms with E-state index in [1.807, 2.05) is 0 Å². The van der Waals surface area contributed by atoms with Crippen molar-refractivity contribution in [2.45, 2.75) is 59.0 Å². The van der Waals surface area contributed by atoms with Gasteiger partial charge in [-0.15, -0.1) is 0 Å². The summed E-state index contributed by atoms with van der Waals surface area (Å²) >= 11 is 0. The van der Waals surface area contributed by atoms with Crippen molar-refractivity contribution in [2.75, 3.05) is 6.61 Å². The number of hydrogen-bond acceptors (Lipinski definition) is 3. The summed E-state index contributed by atoms with van der Waals surface area (Å²) < 4.78 is 5.81. The van der Waals surface area contributed by atoms with E-state index in [2.05, 4.69) is 43.2 Å². The quantitative estimate of drug-likeness (QED) is 0.780. The molecule has 1 heterocycles. The van der Waals surface area contributed by atoms with Gasteiger partial charge >= 0.3 is 0 Å². The molecule has 1 aromatic rings. The molecule has 1 aliphatic carbocycles. The van der Waals surface area contributed by atoms with Gasteiger partial charge in [-0.25, -0.2) is 4.98 Å². The van der Waals surface area contributed by atoms with Gasteiger partial charge < -0.3 is 10.1 Å². The van der Waals surface area contributed by atoms with Crippen LogP contribution in [0.15, 0.2) is 12.1 Å². The fourth-order valence-corrected chi connectivity index (χ4v) is 2.04. The summed E-state index contributed by atoms with van der Waals surface area (Å²) in [5.74, 6) is 1.71. The van der Waals surface area contributed by atoms with E-state index in [1.165, 1.54) is 24.8 Å². The first-order chi connectivity index (χ1) is 9.17. The molecule has 1 aliphatic rings. The van der Waals surface area contributed by atoms with E-state index >= 15 is 0 Å². The lowest BCUT2D eigenvalue weighted by Crippen LogP contribution is -2.22. The van der Waals surface area contributed by atoms with Gasteiger partial charge in [-0.3, -0.25) is 0 Å². The SMILES string of the molecule is CCc1cc(CNC(C)C)cc(OCCC2CC2)n1. The van der Waals surface area contributed by atoms with Crippen LogP contribution in [0, 0.1) is 5.92 Å². The molecule has 3 heteroatoms. The molecule has 1 fully saturated rings. The lowest BCUT2D eigenvalue weighted by atomic mass is 10.2. The molecular formula is C16H26N2O. The fourth-order valence-electron chi connectivity index (χ4n) is 2.04. The molecule has 0 saturated heterocycles. The molecule has 0 bridgehead atoms. The van der Waals surface area contributed by atoms with Crippen molar-refractivity contribution in [1.29, 1.82) is 0 Å². The minimum Gasteiger partial charge on any atom is -0.478 e. The standard InChI is InChI=1S/C16H26N2O/c1-4-15-9-14(11-17-12(2)3)10-16(18-15)19-8-7-13-5-6-13/h9-10,12-13,17H,4-8,11H2,1-3H3. The number of ether oxygens (including phenoxy) is 1. The molecule has 3 nitrogen and oxygen atoms in total. The molecule has 1 N–H and O–H groups in total. The van der Waals surface area contributed by atoms with E-state index in [0.29, 0.717) is 6.04 Å². The van der Waals surface area contributed by atoms with Gasteiger partial charge in [0.1, 0.15) is 0 Å². The number of hydrogen-bond donors (Lipinski definition) is 1. The Balaban J connectivity index is 1.93. The summed E-state index contributed by atoms with van der Waals surface area (Å²) in [5, 5.41) is 3.44. The highest BCUT2D eigenvalue weighted by Crippen LogP contribution is 2.32. The Bertz CT molecular complexity index is 400. The van der Waals surface area contributed by atoms with Gasteiger partial charge in [0, 0.05) is 24.3 Å². The molecule has 0 atom stereocenters. The van der Waals surface area contributed by atoms with E-state index < -0.39 is 0 Å². The first-order valence-corrected chi connectivity index (χ1v) is 7.53. The first-order valence-electron chi connectivity index (χ1n) is 7.53. The molecule has 0 aromatic carbocycles. The van der Waals surface area contributed by atoms with Gasteiger partial charge in [0.15, 0.2) is 0 Å². The molecule has 0 amide bonds. The van der Waals surface area contributed by atoms with Crippen LogP contribution < -0.4 is 10.1 Å². The van der Waals surface area contributed by atoms with Crippen LogP contribution >= 0.6 is 0 Å². The van der Waals surface area contributed by atoms with Gasteiger partial charge in [0.25, 0.3) is 0 Å². The number of nitrogens with one attached hydrogen (secondary N) is 1. The van der Waals surface area contributed by atoms with Crippen LogP contribution in [0.2, 0.25) is 0 Å². The van der Waals surface area contributed by atoms with Crippen molar-refractivity contribution in [3.8, 4) is 5.88 Å². The molecule has 2 rings (SSSR count). The number of rotatable bonds is 8. The van der Waals surface area contributed by atoms with Gasteiger partial charge in [-0.1, -0.05) is 33.6 Å². The van der Waals surface area contributed by atoms with Crippen LogP contribution in [-0.2, 0) is 13.0 Å². The smallest absolute Gasteiger partial charge is 0.213 e. The third-order valence-electron chi connectivity index (χ3n) is 3.46. The number of aryl methyl sites for hydroxylation is 1. The Labute approximate surface area is 116 Å². The van der Waals surface area contributed by atoms with Crippen LogP contribution in [0.4, 0.5) is 0 Å². The third-order valence-corrected chi connectivity index (χ3v) is 3.46. The van der Waals surface area contributed by atoms with Gasteiger partial charge in [-0.05, 0) is 30.4 Å². The van der Waals surface area contributed by atoms with Gasteiger partial charge in [0.2, 0.25) is 5.88 Å². The van der Waals surface area contributed by atoms with E-state index in [1.54, 1.807) is 0 Å². The van der Waals surface area contributed by atoms with Gasteiger partial charge in [-0.2, -0.15) is 0 Å². The van der Waals surface area contributed by atoms with Crippen molar-refractivity contribution >= 4 is 0 Å². The van der Waals surface area contributed by atoms with Crippen LogP contribution in [0.1, 0.15) is 51.3 Å². The Morgan fingerprint density at radius 3 is 2.79 bits per heavy atom. The fraction of sp³-hybridized carbons (Fsp3) is 0.688. The number of nitrogens with zero attached hydrogens (tertiary/aromatic N) is 1. The van der Waals surface area contributed by atoms with Crippen LogP contribution in [0.25, 0.3) is 0 Å². The second kappa shape index (κ2) is 6.90. The van der Waals surface area contributed by atoms with Crippen LogP contribution in [0.5, 0.6) is 5.88 Å². The molecule has 1 saturated carbocycles. The van der Waals surface area contributed by atoms with Crippen molar-refractivity contribution in [1.82, 2.24) is 10.3 Å². The molecule has 106 valence electrons. The zero-order chi connectivity index (χ0) is 13.7. The zero-order valence-electron chi connectivity index (χ0n) is 12.4. The lowest BCUT2D eigenvalue weighted by molar-refractivity contribution is 0.290. The Hall–Kier alpha value is -1.09. The maximum absolute atomic E-state index is 5.81. The molecule has 0 aliphatic heterocycles. The maximum atomic E-state index is 5.81. The second-order valence-corrected chi connectivity index (χ2v) is 5.77. The molecule has 19 heavy (non-hydrogen) atoms. The number of pyridine rings is 1. The normalized spacial score (nSPS) is 14.9.